The van der Waals surface area contributed by atoms with E-state index in [-0.39, 0.29) is 30.0 Å². The summed E-state index contributed by atoms with van der Waals surface area (Å²) in [5.74, 6) is 0.728. The molecule has 0 aliphatic carbocycles. The maximum Gasteiger partial charge on any atom is 0.407 e. The fourth-order valence-corrected chi connectivity index (χ4v) is 2.42. The highest BCUT2D eigenvalue weighted by molar-refractivity contribution is 14.0. The Morgan fingerprint density at radius 1 is 1.11 bits per heavy atom. The van der Waals surface area contributed by atoms with Crippen molar-refractivity contribution in [1.82, 2.24) is 20.9 Å². The van der Waals surface area contributed by atoms with Crippen molar-refractivity contribution in [1.29, 1.82) is 0 Å². The molecule has 3 N–H and O–H groups in total. The van der Waals surface area contributed by atoms with E-state index in [0.29, 0.717) is 19.6 Å². The van der Waals surface area contributed by atoms with E-state index in [4.69, 9.17) is 9.73 Å². The zero-order valence-electron chi connectivity index (χ0n) is 17.9. The average Bonchev–Trinajstić information content (AvgIpc) is 2.57. The monoisotopic (exact) mass is 505 g/mol. The number of carbonyl (C=O) groups excluding carboxylic acids is 1. The molecule has 1 aromatic rings. The van der Waals surface area contributed by atoms with Gasteiger partial charge in [-0.15, -0.1) is 24.0 Å². The highest BCUT2D eigenvalue weighted by atomic mass is 127. The van der Waals surface area contributed by atoms with Gasteiger partial charge in [0.15, 0.2) is 5.96 Å². The first-order chi connectivity index (χ1) is 12.7. The molecule has 1 atom stereocenters. The van der Waals surface area contributed by atoms with Crippen molar-refractivity contribution in [2.45, 2.75) is 39.3 Å². The zero-order chi connectivity index (χ0) is 20.3. The summed E-state index contributed by atoms with van der Waals surface area (Å²) in [4.78, 5) is 18.5. The predicted molar refractivity (Wildman–Crippen MR) is 127 cm³/mol. The fourth-order valence-electron chi connectivity index (χ4n) is 2.42. The zero-order valence-corrected chi connectivity index (χ0v) is 20.2. The van der Waals surface area contributed by atoms with Crippen LogP contribution in [-0.2, 0) is 4.74 Å². The molecule has 0 aliphatic heterocycles. The van der Waals surface area contributed by atoms with Gasteiger partial charge in [-0.1, -0.05) is 30.3 Å². The molecule has 0 saturated carbocycles. The Morgan fingerprint density at radius 2 is 1.71 bits per heavy atom. The number of ether oxygens (including phenoxy) is 1. The Morgan fingerprint density at radius 3 is 2.25 bits per heavy atom. The topological polar surface area (TPSA) is 78.0 Å². The molecule has 160 valence electrons. The van der Waals surface area contributed by atoms with Crippen LogP contribution >= 0.6 is 24.0 Å². The number of hydrogen-bond acceptors (Lipinski definition) is 4. The number of amides is 1. The molecule has 7 nitrogen and oxygen atoms in total. The number of hydrogen-bond donors (Lipinski definition) is 3. The number of guanidine groups is 1. The summed E-state index contributed by atoms with van der Waals surface area (Å²) in [7, 11) is 4.11. The van der Waals surface area contributed by atoms with Crippen LogP contribution in [0.2, 0.25) is 0 Å². The summed E-state index contributed by atoms with van der Waals surface area (Å²) in [6.07, 6.45) is -0.414. The largest absolute Gasteiger partial charge is 0.444 e. The molecule has 0 heterocycles. The number of rotatable bonds is 8. The van der Waals surface area contributed by atoms with Crippen molar-refractivity contribution in [3.63, 3.8) is 0 Å². The Kier molecular flexibility index (Phi) is 12.8. The van der Waals surface area contributed by atoms with Gasteiger partial charge in [-0.25, -0.2) is 4.79 Å². The van der Waals surface area contributed by atoms with E-state index in [2.05, 4.69) is 47.1 Å². The Labute approximate surface area is 186 Å². The lowest BCUT2D eigenvalue weighted by Gasteiger charge is -2.23. The van der Waals surface area contributed by atoms with Crippen LogP contribution in [0.4, 0.5) is 4.79 Å². The van der Waals surface area contributed by atoms with E-state index in [1.54, 1.807) is 0 Å². The van der Waals surface area contributed by atoms with Crippen molar-refractivity contribution in [2.75, 3.05) is 40.3 Å². The first-order valence-electron chi connectivity index (χ1n) is 9.43. The third kappa shape index (κ3) is 11.3. The summed E-state index contributed by atoms with van der Waals surface area (Å²) >= 11 is 0. The van der Waals surface area contributed by atoms with Crippen molar-refractivity contribution >= 4 is 36.0 Å². The number of halogens is 1. The quantitative estimate of drug-likeness (QED) is 0.219. The van der Waals surface area contributed by atoms with Crippen molar-refractivity contribution in [3.8, 4) is 0 Å². The summed E-state index contributed by atoms with van der Waals surface area (Å²) in [5, 5.41) is 9.20. The highest BCUT2D eigenvalue weighted by Crippen LogP contribution is 2.17. The van der Waals surface area contributed by atoms with Gasteiger partial charge in [-0.2, -0.15) is 0 Å². The standard InChI is InChI=1S/C20H35N5O2.HI/c1-7-21-18(22-13-14-23-19(26)27-20(2,3)4)24-15-17(25(5)6)16-11-9-8-10-12-16;/h8-12,17H,7,13-15H2,1-6H3,(H,23,26)(H2,21,22,24);1H. The third-order valence-corrected chi connectivity index (χ3v) is 3.66. The number of alkyl carbamates (subject to hydrolysis) is 1. The predicted octanol–water partition coefficient (Wildman–Crippen LogP) is 2.99. The Bertz CT molecular complexity index is 588. The number of likely N-dealkylation sites (N-methyl/N-ethyl adjacent to an activating group) is 1. The van der Waals surface area contributed by atoms with Crippen LogP contribution in [0.3, 0.4) is 0 Å². The smallest absolute Gasteiger partial charge is 0.407 e. The summed E-state index contributed by atoms with van der Waals surface area (Å²) in [6.45, 7) is 9.96. The first kappa shape index (κ1) is 26.4. The molecular formula is C20H36IN5O2. The number of carbonyl (C=O) groups is 1. The normalized spacial score (nSPS) is 12.8. The van der Waals surface area contributed by atoms with E-state index in [1.807, 2.05) is 45.9 Å². The molecule has 0 radical (unpaired) electrons. The molecule has 0 bridgehead atoms. The minimum atomic E-state index is -0.494. The van der Waals surface area contributed by atoms with Crippen molar-refractivity contribution < 1.29 is 9.53 Å². The Balaban J connectivity index is 0.00000729. The van der Waals surface area contributed by atoms with E-state index in [0.717, 1.165) is 12.5 Å². The average molecular weight is 505 g/mol. The van der Waals surface area contributed by atoms with Crippen LogP contribution in [0.1, 0.15) is 39.3 Å². The lowest BCUT2D eigenvalue weighted by molar-refractivity contribution is 0.0529. The fraction of sp³-hybridized carbons (Fsp3) is 0.600. The number of nitrogens with one attached hydrogen (secondary N) is 3. The first-order valence-corrected chi connectivity index (χ1v) is 9.43. The lowest BCUT2D eigenvalue weighted by Crippen LogP contribution is -2.42. The van der Waals surface area contributed by atoms with Gasteiger partial charge in [0.05, 0.1) is 12.6 Å². The molecular weight excluding hydrogens is 469 g/mol. The summed E-state index contributed by atoms with van der Waals surface area (Å²) in [6, 6.07) is 10.5. The summed E-state index contributed by atoms with van der Waals surface area (Å²) < 4.78 is 5.22. The third-order valence-electron chi connectivity index (χ3n) is 3.66. The molecule has 0 spiro atoms. The highest BCUT2D eigenvalue weighted by Gasteiger charge is 2.16. The van der Waals surface area contributed by atoms with Crippen molar-refractivity contribution in [2.24, 2.45) is 4.99 Å². The molecule has 0 aliphatic rings. The minimum Gasteiger partial charge on any atom is -0.444 e. The molecule has 1 aromatic carbocycles. The van der Waals surface area contributed by atoms with Gasteiger partial charge >= 0.3 is 6.09 Å². The SMILES string of the molecule is CCNC(=NCC(c1ccccc1)N(C)C)NCCNC(=O)OC(C)(C)C.I. The second-order valence-electron chi connectivity index (χ2n) is 7.47. The second kappa shape index (κ2) is 13.6. The molecule has 0 saturated heterocycles. The van der Waals surface area contributed by atoms with Crippen molar-refractivity contribution in [3.05, 3.63) is 35.9 Å². The van der Waals surface area contributed by atoms with Gasteiger partial charge in [0.1, 0.15) is 5.60 Å². The van der Waals surface area contributed by atoms with Crippen LogP contribution < -0.4 is 16.0 Å². The second-order valence-corrected chi connectivity index (χ2v) is 7.47. The van der Waals surface area contributed by atoms with Gasteiger partial charge in [0.2, 0.25) is 0 Å². The van der Waals surface area contributed by atoms with E-state index in [9.17, 15) is 4.79 Å². The van der Waals surface area contributed by atoms with Gasteiger partial charge in [-0.05, 0) is 47.4 Å². The number of nitrogens with zero attached hydrogens (tertiary/aromatic N) is 2. The van der Waals surface area contributed by atoms with Gasteiger partial charge in [0.25, 0.3) is 0 Å². The maximum absolute atomic E-state index is 11.7. The van der Waals surface area contributed by atoms with Crippen LogP contribution in [0.25, 0.3) is 0 Å². The maximum atomic E-state index is 11.7. The minimum absolute atomic E-state index is 0. The molecule has 8 heteroatoms. The van der Waals surface area contributed by atoms with Crippen LogP contribution in [0.5, 0.6) is 0 Å². The summed E-state index contributed by atoms with van der Waals surface area (Å²) in [5.41, 5.74) is 0.737. The number of aliphatic imine (C=N–C) groups is 1. The van der Waals surface area contributed by atoms with E-state index >= 15 is 0 Å². The van der Waals surface area contributed by atoms with Gasteiger partial charge in [-0.3, -0.25) is 4.99 Å². The van der Waals surface area contributed by atoms with Crippen LogP contribution in [0, 0.1) is 0 Å². The molecule has 28 heavy (non-hydrogen) atoms. The Hall–Kier alpha value is -1.55. The molecule has 1 amide bonds. The molecule has 1 rings (SSSR count). The lowest BCUT2D eigenvalue weighted by atomic mass is 10.1. The van der Waals surface area contributed by atoms with Crippen LogP contribution in [0.15, 0.2) is 35.3 Å². The molecule has 1 unspecified atom stereocenters. The van der Waals surface area contributed by atoms with E-state index < -0.39 is 11.7 Å². The van der Waals surface area contributed by atoms with Gasteiger partial charge < -0.3 is 25.6 Å². The molecule has 0 fully saturated rings. The van der Waals surface area contributed by atoms with E-state index in [1.165, 1.54) is 5.56 Å². The molecule has 0 aromatic heterocycles. The number of benzene rings is 1. The van der Waals surface area contributed by atoms with Crippen LogP contribution in [-0.4, -0.2) is 62.8 Å². The van der Waals surface area contributed by atoms with Gasteiger partial charge in [0, 0.05) is 19.6 Å².